The largest absolute Gasteiger partial charge is 0.493 e. The number of aliphatic hydroxyl groups excluding tert-OH is 1. The minimum Gasteiger partial charge on any atom is -0.493 e. The normalized spacial score (nSPS) is 10.1. The Morgan fingerprint density at radius 2 is 1.86 bits per heavy atom. The molecule has 0 saturated carbocycles. The highest BCUT2D eigenvalue weighted by molar-refractivity contribution is 6.31. The molecule has 0 aliphatic rings. The van der Waals surface area contributed by atoms with Crippen LogP contribution in [-0.4, -0.2) is 19.3 Å². The van der Waals surface area contributed by atoms with Gasteiger partial charge >= 0.3 is 0 Å². The molecule has 0 heterocycles. The van der Waals surface area contributed by atoms with Crippen molar-refractivity contribution in [2.24, 2.45) is 0 Å². The average molecular weight is 217 g/mol. The molecule has 0 saturated heterocycles. The second kappa shape index (κ2) is 4.53. The van der Waals surface area contributed by atoms with Crippen molar-refractivity contribution in [2.45, 2.75) is 13.5 Å². The number of halogens is 1. The smallest absolute Gasteiger partial charge is 0.166 e. The number of rotatable bonds is 3. The van der Waals surface area contributed by atoms with E-state index in [-0.39, 0.29) is 6.61 Å². The van der Waals surface area contributed by atoms with Crippen molar-refractivity contribution in [3.63, 3.8) is 0 Å². The first-order valence-electron chi connectivity index (χ1n) is 4.16. The van der Waals surface area contributed by atoms with Crippen LogP contribution in [0.3, 0.4) is 0 Å². The molecule has 0 unspecified atom stereocenters. The van der Waals surface area contributed by atoms with Crippen LogP contribution < -0.4 is 9.47 Å². The zero-order valence-electron chi connectivity index (χ0n) is 8.43. The van der Waals surface area contributed by atoms with Crippen LogP contribution in [0.5, 0.6) is 11.5 Å². The van der Waals surface area contributed by atoms with E-state index in [1.807, 2.05) is 6.92 Å². The molecule has 0 atom stereocenters. The van der Waals surface area contributed by atoms with Crippen LogP contribution in [0.25, 0.3) is 0 Å². The SMILES string of the molecule is COc1c(CO)cc(Cl)c(C)c1OC. The molecule has 0 spiro atoms. The van der Waals surface area contributed by atoms with Crippen molar-refractivity contribution >= 4 is 11.6 Å². The summed E-state index contributed by atoms with van der Waals surface area (Å²) in [6.07, 6.45) is 0. The molecular formula is C10H13ClO3. The summed E-state index contributed by atoms with van der Waals surface area (Å²) in [6.45, 7) is 1.71. The van der Waals surface area contributed by atoms with E-state index in [0.717, 1.165) is 5.56 Å². The lowest BCUT2D eigenvalue weighted by Gasteiger charge is -2.14. The van der Waals surface area contributed by atoms with E-state index in [1.165, 1.54) is 7.11 Å². The molecule has 1 aromatic carbocycles. The third kappa shape index (κ3) is 1.79. The molecule has 0 aromatic heterocycles. The maximum absolute atomic E-state index is 9.09. The Kier molecular flexibility index (Phi) is 3.61. The standard InChI is InChI=1S/C10H13ClO3/c1-6-8(11)4-7(5-12)10(14-3)9(6)13-2/h4,12H,5H2,1-3H3. The Hall–Kier alpha value is -0.930. The van der Waals surface area contributed by atoms with Gasteiger partial charge in [-0.2, -0.15) is 0 Å². The van der Waals surface area contributed by atoms with E-state index < -0.39 is 0 Å². The van der Waals surface area contributed by atoms with Crippen molar-refractivity contribution < 1.29 is 14.6 Å². The van der Waals surface area contributed by atoms with Crippen LogP contribution in [0.15, 0.2) is 6.07 Å². The van der Waals surface area contributed by atoms with Gasteiger partial charge in [0, 0.05) is 16.1 Å². The summed E-state index contributed by atoms with van der Waals surface area (Å²) >= 11 is 5.96. The fourth-order valence-corrected chi connectivity index (χ4v) is 1.56. The predicted molar refractivity (Wildman–Crippen MR) is 55.2 cm³/mol. The third-order valence-electron chi connectivity index (χ3n) is 2.08. The highest BCUT2D eigenvalue weighted by Crippen LogP contribution is 2.38. The minimum absolute atomic E-state index is 0.125. The van der Waals surface area contributed by atoms with Gasteiger partial charge in [0.05, 0.1) is 20.8 Å². The van der Waals surface area contributed by atoms with Crippen LogP contribution >= 0.6 is 11.6 Å². The van der Waals surface area contributed by atoms with Gasteiger partial charge in [-0.3, -0.25) is 0 Å². The quantitative estimate of drug-likeness (QED) is 0.842. The number of hydrogen-bond acceptors (Lipinski definition) is 3. The molecule has 0 fully saturated rings. The van der Waals surface area contributed by atoms with Crippen molar-refractivity contribution in [2.75, 3.05) is 14.2 Å². The van der Waals surface area contributed by atoms with Crippen LogP contribution in [0, 0.1) is 6.92 Å². The molecular weight excluding hydrogens is 204 g/mol. The molecule has 0 aliphatic heterocycles. The first-order valence-corrected chi connectivity index (χ1v) is 4.54. The Labute approximate surface area is 88.2 Å². The fourth-order valence-electron chi connectivity index (χ4n) is 1.34. The lowest BCUT2D eigenvalue weighted by molar-refractivity contribution is 0.269. The summed E-state index contributed by atoms with van der Waals surface area (Å²) in [6, 6.07) is 1.68. The average Bonchev–Trinajstić information content (AvgIpc) is 2.20. The fraction of sp³-hybridized carbons (Fsp3) is 0.400. The summed E-state index contributed by atoms with van der Waals surface area (Å²) in [5, 5.41) is 9.65. The van der Waals surface area contributed by atoms with E-state index in [9.17, 15) is 0 Å². The zero-order valence-corrected chi connectivity index (χ0v) is 9.18. The highest BCUT2D eigenvalue weighted by atomic mass is 35.5. The van der Waals surface area contributed by atoms with E-state index in [4.69, 9.17) is 26.2 Å². The maximum atomic E-state index is 9.09. The molecule has 0 aliphatic carbocycles. The molecule has 0 bridgehead atoms. The lowest BCUT2D eigenvalue weighted by Crippen LogP contribution is -1.98. The summed E-state index contributed by atoms with van der Waals surface area (Å²) in [7, 11) is 3.08. The molecule has 14 heavy (non-hydrogen) atoms. The van der Waals surface area contributed by atoms with Crippen LogP contribution in [-0.2, 0) is 6.61 Å². The minimum atomic E-state index is -0.125. The molecule has 0 amide bonds. The first kappa shape index (κ1) is 11.1. The molecule has 1 aromatic rings. The number of hydrogen-bond donors (Lipinski definition) is 1. The van der Waals surface area contributed by atoms with Crippen LogP contribution in [0.1, 0.15) is 11.1 Å². The van der Waals surface area contributed by atoms with Gasteiger partial charge < -0.3 is 14.6 Å². The summed E-state index contributed by atoms with van der Waals surface area (Å²) in [4.78, 5) is 0. The van der Waals surface area contributed by atoms with E-state index in [1.54, 1.807) is 13.2 Å². The molecule has 78 valence electrons. The Morgan fingerprint density at radius 3 is 2.29 bits per heavy atom. The third-order valence-corrected chi connectivity index (χ3v) is 2.47. The molecule has 4 heteroatoms. The van der Waals surface area contributed by atoms with Crippen molar-refractivity contribution in [3.05, 3.63) is 22.2 Å². The van der Waals surface area contributed by atoms with Crippen LogP contribution in [0.2, 0.25) is 5.02 Å². The number of ether oxygens (including phenoxy) is 2. The number of benzene rings is 1. The van der Waals surface area contributed by atoms with Gasteiger partial charge in [0.1, 0.15) is 0 Å². The lowest BCUT2D eigenvalue weighted by atomic mass is 10.1. The van der Waals surface area contributed by atoms with E-state index >= 15 is 0 Å². The first-order chi connectivity index (χ1) is 6.65. The molecule has 1 N–H and O–H groups in total. The summed E-state index contributed by atoms with van der Waals surface area (Å²) in [5.41, 5.74) is 1.43. The number of aliphatic hydroxyl groups is 1. The highest BCUT2D eigenvalue weighted by Gasteiger charge is 2.15. The van der Waals surface area contributed by atoms with Crippen molar-refractivity contribution in [3.8, 4) is 11.5 Å². The van der Waals surface area contributed by atoms with Gasteiger partial charge in [0.15, 0.2) is 11.5 Å². The van der Waals surface area contributed by atoms with Gasteiger partial charge in [-0.05, 0) is 13.0 Å². The van der Waals surface area contributed by atoms with E-state index in [2.05, 4.69) is 0 Å². The Balaban J connectivity index is 3.42. The van der Waals surface area contributed by atoms with Gasteiger partial charge in [-0.1, -0.05) is 11.6 Å². The molecule has 0 radical (unpaired) electrons. The van der Waals surface area contributed by atoms with Gasteiger partial charge in [-0.25, -0.2) is 0 Å². The monoisotopic (exact) mass is 216 g/mol. The Morgan fingerprint density at radius 1 is 1.29 bits per heavy atom. The summed E-state index contributed by atoms with van der Waals surface area (Å²) < 4.78 is 10.3. The van der Waals surface area contributed by atoms with Crippen molar-refractivity contribution in [1.82, 2.24) is 0 Å². The van der Waals surface area contributed by atoms with Crippen molar-refractivity contribution in [1.29, 1.82) is 0 Å². The topological polar surface area (TPSA) is 38.7 Å². The zero-order chi connectivity index (χ0) is 10.7. The second-order valence-electron chi connectivity index (χ2n) is 2.87. The van der Waals surface area contributed by atoms with Gasteiger partial charge in [0.2, 0.25) is 0 Å². The predicted octanol–water partition coefficient (Wildman–Crippen LogP) is 2.16. The Bertz CT molecular complexity index is 337. The summed E-state index contributed by atoms with van der Waals surface area (Å²) in [5.74, 6) is 1.11. The van der Waals surface area contributed by atoms with E-state index in [0.29, 0.717) is 22.1 Å². The van der Waals surface area contributed by atoms with Gasteiger partial charge in [0.25, 0.3) is 0 Å². The van der Waals surface area contributed by atoms with Crippen LogP contribution in [0.4, 0.5) is 0 Å². The maximum Gasteiger partial charge on any atom is 0.166 e. The number of methoxy groups -OCH3 is 2. The molecule has 3 nitrogen and oxygen atoms in total. The molecule has 1 rings (SSSR count). The van der Waals surface area contributed by atoms with Gasteiger partial charge in [-0.15, -0.1) is 0 Å². The second-order valence-corrected chi connectivity index (χ2v) is 3.27.